The Morgan fingerprint density at radius 2 is 1.16 bits per heavy atom. The molecule has 3 nitrogen and oxygen atoms in total. The molecule has 0 radical (unpaired) electrons. The van der Waals surface area contributed by atoms with Gasteiger partial charge < -0.3 is 13.9 Å². The molecule has 0 atom stereocenters. The fourth-order valence-corrected chi connectivity index (χ4v) is 4.72. The first-order valence-electron chi connectivity index (χ1n) is 11.2. The van der Waals surface area contributed by atoms with Gasteiger partial charge in [-0.15, -0.1) is 0 Å². The number of fused-ring (bicyclic) bond motifs is 4. The maximum Gasteiger partial charge on any atom is 0.494 e. The van der Waals surface area contributed by atoms with E-state index in [1.165, 1.54) is 38.3 Å². The average molecular weight is 419 g/mol. The number of hydrogen-bond donors (Lipinski definition) is 0. The molecule has 0 aliphatic carbocycles. The van der Waals surface area contributed by atoms with E-state index in [0.717, 1.165) is 5.46 Å². The first kappa shape index (κ1) is 19.6. The molecule has 6 rings (SSSR count). The van der Waals surface area contributed by atoms with Crippen LogP contribution < -0.4 is 5.46 Å². The zero-order valence-corrected chi connectivity index (χ0v) is 18.9. The van der Waals surface area contributed by atoms with Crippen molar-refractivity contribution < 1.29 is 9.31 Å². The number of para-hydroxylation sites is 2. The summed E-state index contributed by atoms with van der Waals surface area (Å²) in [4.78, 5) is 0. The predicted octanol–water partition coefficient (Wildman–Crippen LogP) is 6.24. The number of benzene rings is 4. The lowest BCUT2D eigenvalue weighted by Crippen LogP contribution is -2.41. The maximum atomic E-state index is 6.25. The van der Waals surface area contributed by atoms with Crippen LogP contribution in [0.2, 0.25) is 0 Å². The van der Waals surface area contributed by atoms with Gasteiger partial charge in [0.2, 0.25) is 0 Å². The molecular formula is C28H26BNO2. The van der Waals surface area contributed by atoms with Gasteiger partial charge in [-0.1, -0.05) is 60.7 Å². The molecule has 0 amide bonds. The van der Waals surface area contributed by atoms with E-state index in [-0.39, 0.29) is 18.3 Å². The largest absolute Gasteiger partial charge is 0.494 e. The fourth-order valence-electron chi connectivity index (χ4n) is 4.72. The van der Waals surface area contributed by atoms with Crippen molar-refractivity contribution in [3.63, 3.8) is 0 Å². The Kier molecular flexibility index (Phi) is 4.11. The highest BCUT2D eigenvalue weighted by Crippen LogP contribution is 2.37. The van der Waals surface area contributed by atoms with Gasteiger partial charge in [0, 0.05) is 16.5 Å². The predicted molar refractivity (Wildman–Crippen MR) is 134 cm³/mol. The minimum absolute atomic E-state index is 0.340. The highest BCUT2D eigenvalue weighted by molar-refractivity contribution is 6.62. The van der Waals surface area contributed by atoms with Crippen molar-refractivity contribution in [1.29, 1.82) is 0 Å². The van der Waals surface area contributed by atoms with Crippen molar-refractivity contribution >= 4 is 45.2 Å². The van der Waals surface area contributed by atoms with Gasteiger partial charge in [-0.25, -0.2) is 0 Å². The molecule has 32 heavy (non-hydrogen) atoms. The zero-order chi connectivity index (χ0) is 22.1. The lowest BCUT2D eigenvalue weighted by atomic mass is 9.78. The third-order valence-corrected chi connectivity index (χ3v) is 7.21. The summed E-state index contributed by atoms with van der Waals surface area (Å²) in [6.07, 6.45) is 0. The van der Waals surface area contributed by atoms with Gasteiger partial charge in [0.25, 0.3) is 0 Å². The van der Waals surface area contributed by atoms with E-state index in [0.29, 0.717) is 0 Å². The van der Waals surface area contributed by atoms with E-state index >= 15 is 0 Å². The number of hydrogen-bond acceptors (Lipinski definition) is 2. The van der Waals surface area contributed by atoms with Crippen molar-refractivity contribution in [3.05, 3.63) is 84.9 Å². The summed E-state index contributed by atoms with van der Waals surface area (Å²) in [5.41, 5.74) is 3.99. The van der Waals surface area contributed by atoms with E-state index in [4.69, 9.17) is 9.31 Å². The van der Waals surface area contributed by atoms with Crippen LogP contribution in [0.15, 0.2) is 84.9 Å². The number of aromatic nitrogens is 1. The molecule has 0 unspecified atom stereocenters. The SMILES string of the molecule is CC1(C)OB(c2ccc3cc(-n4c5ccccc5c5ccccc54)ccc3c2)OC1(C)C. The van der Waals surface area contributed by atoms with Gasteiger partial charge >= 0.3 is 7.12 Å². The summed E-state index contributed by atoms with van der Waals surface area (Å²) < 4.78 is 14.9. The van der Waals surface area contributed by atoms with Crippen LogP contribution in [0.1, 0.15) is 27.7 Å². The Balaban J connectivity index is 1.46. The lowest BCUT2D eigenvalue weighted by molar-refractivity contribution is 0.00578. The highest BCUT2D eigenvalue weighted by Gasteiger charge is 2.51. The number of rotatable bonds is 2. The molecule has 0 spiro atoms. The molecule has 4 aromatic carbocycles. The minimum atomic E-state index is -0.346. The lowest BCUT2D eigenvalue weighted by Gasteiger charge is -2.32. The van der Waals surface area contributed by atoms with Gasteiger partial charge in [-0.2, -0.15) is 0 Å². The molecule has 1 aromatic heterocycles. The Labute approximate surface area is 188 Å². The third-order valence-electron chi connectivity index (χ3n) is 7.21. The zero-order valence-electron chi connectivity index (χ0n) is 18.9. The molecule has 1 aliphatic heterocycles. The van der Waals surface area contributed by atoms with Crippen LogP contribution in [0, 0.1) is 0 Å². The molecule has 5 aromatic rings. The van der Waals surface area contributed by atoms with Crippen molar-refractivity contribution in [2.75, 3.05) is 0 Å². The summed E-state index contributed by atoms with van der Waals surface area (Å²) >= 11 is 0. The van der Waals surface area contributed by atoms with Crippen molar-refractivity contribution in [2.24, 2.45) is 0 Å². The average Bonchev–Trinajstić information content (AvgIpc) is 3.23. The van der Waals surface area contributed by atoms with E-state index < -0.39 is 0 Å². The van der Waals surface area contributed by atoms with Crippen LogP contribution in [0.3, 0.4) is 0 Å². The molecule has 158 valence electrons. The smallest absolute Gasteiger partial charge is 0.399 e. The molecule has 2 heterocycles. The number of nitrogens with zero attached hydrogens (tertiary/aromatic N) is 1. The van der Waals surface area contributed by atoms with Crippen molar-refractivity contribution in [2.45, 2.75) is 38.9 Å². The summed E-state index contributed by atoms with van der Waals surface area (Å²) in [5.74, 6) is 0. The van der Waals surface area contributed by atoms with Crippen LogP contribution in [-0.2, 0) is 9.31 Å². The van der Waals surface area contributed by atoms with Crippen LogP contribution in [0.25, 0.3) is 38.3 Å². The maximum absolute atomic E-state index is 6.25. The van der Waals surface area contributed by atoms with Gasteiger partial charge in [0.05, 0.1) is 22.2 Å². The van der Waals surface area contributed by atoms with Crippen LogP contribution in [0.5, 0.6) is 0 Å². The Morgan fingerprint density at radius 1 is 0.625 bits per heavy atom. The Hall–Kier alpha value is -3.08. The molecule has 1 fully saturated rings. The van der Waals surface area contributed by atoms with Crippen LogP contribution >= 0.6 is 0 Å². The van der Waals surface area contributed by atoms with Crippen LogP contribution in [-0.4, -0.2) is 22.9 Å². The Bertz CT molecular complexity index is 1430. The van der Waals surface area contributed by atoms with E-state index in [1.807, 2.05) is 0 Å². The summed E-state index contributed by atoms with van der Waals surface area (Å²) in [6, 6.07) is 30.4. The molecule has 0 saturated carbocycles. The van der Waals surface area contributed by atoms with E-state index in [9.17, 15) is 0 Å². The highest BCUT2D eigenvalue weighted by atomic mass is 16.7. The first-order chi connectivity index (χ1) is 15.3. The second kappa shape index (κ2) is 6.71. The molecule has 1 aliphatic rings. The second-order valence-electron chi connectivity index (χ2n) is 9.75. The molecule has 0 N–H and O–H groups in total. The molecular weight excluding hydrogens is 393 g/mol. The van der Waals surface area contributed by atoms with Crippen molar-refractivity contribution in [3.8, 4) is 5.69 Å². The first-order valence-corrected chi connectivity index (χ1v) is 11.2. The summed E-state index contributed by atoms with van der Waals surface area (Å²) in [5, 5.41) is 4.94. The molecule has 0 bridgehead atoms. The van der Waals surface area contributed by atoms with Crippen LogP contribution in [0.4, 0.5) is 0 Å². The van der Waals surface area contributed by atoms with E-state index in [2.05, 4.69) is 117 Å². The Morgan fingerprint density at radius 3 is 1.78 bits per heavy atom. The topological polar surface area (TPSA) is 23.4 Å². The fraction of sp³-hybridized carbons (Fsp3) is 0.214. The quantitative estimate of drug-likeness (QED) is 0.317. The second-order valence-corrected chi connectivity index (χ2v) is 9.75. The monoisotopic (exact) mass is 419 g/mol. The molecule has 1 saturated heterocycles. The van der Waals surface area contributed by atoms with Gasteiger partial charge in [0.15, 0.2) is 0 Å². The third kappa shape index (κ3) is 2.83. The van der Waals surface area contributed by atoms with Gasteiger partial charge in [-0.05, 0) is 68.2 Å². The standard InChI is InChI=1S/C28H26BNO2/c1-27(2)28(3,4)32-29(31-27)21-15-13-20-18-22(16-14-19(20)17-21)30-25-11-7-5-9-23(25)24-10-6-8-12-26(24)30/h5-18H,1-4H3. The normalized spacial score (nSPS) is 17.6. The van der Waals surface area contributed by atoms with Crippen molar-refractivity contribution in [1.82, 2.24) is 4.57 Å². The molecule has 4 heteroatoms. The van der Waals surface area contributed by atoms with E-state index in [1.54, 1.807) is 0 Å². The minimum Gasteiger partial charge on any atom is -0.399 e. The summed E-state index contributed by atoms with van der Waals surface area (Å²) in [6.45, 7) is 8.36. The van der Waals surface area contributed by atoms with Gasteiger partial charge in [-0.3, -0.25) is 0 Å². The summed E-state index contributed by atoms with van der Waals surface area (Å²) in [7, 11) is -0.346. The van der Waals surface area contributed by atoms with Gasteiger partial charge in [0.1, 0.15) is 0 Å².